The van der Waals surface area contributed by atoms with Crippen LogP contribution in [0.3, 0.4) is 0 Å². The predicted octanol–water partition coefficient (Wildman–Crippen LogP) is 35.1. The van der Waals surface area contributed by atoms with E-state index in [-0.39, 0.29) is 0 Å². The molecule has 0 aliphatic heterocycles. The van der Waals surface area contributed by atoms with Crippen molar-refractivity contribution in [1.82, 2.24) is 19.9 Å². The Hall–Kier alpha value is -14.6. The normalized spacial score (nSPS) is 12.0. The van der Waals surface area contributed by atoms with Crippen molar-refractivity contribution in [1.29, 1.82) is 0 Å². The second-order valence-electron chi connectivity index (χ2n) is 32.6. The minimum absolute atomic E-state index is 0.680. The van der Waals surface area contributed by atoms with E-state index in [0.29, 0.717) is 11.6 Å². The van der Waals surface area contributed by atoms with Gasteiger partial charge >= 0.3 is 0 Å². The summed E-state index contributed by atoms with van der Waals surface area (Å²) in [5.74, 6) is 1.36. The van der Waals surface area contributed by atoms with Crippen LogP contribution < -0.4 is 0 Å². The van der Waals surface area contributed by atoms with E-state index in [1.165, 1.54) is 160 Å². The van der Waals surface area contributed by atoms with Gasteiger partial charge in [-0.1, -0.05) is 285 Å². The monoisotopic (exact) mass is 1710 g/mol. The summed E-state index contributed by atoms with van der Waals surface area (Å²) in [5.41, 5.74) is 25.9. The molecule has 10 heteroatoms. The number of thiophene rings is 6. The number of rotatable bonds is 13. The molecule has 26 aromatic rings. The molecule has 4 nitrogen and oxygen atoms in total. The third-order valence-electron chi connectivity index (χ3n) is 25.1. The van der Waals surface area contributed by atoms with Crippen LogP contribution in [0, 0.1) is 0 Å². The van der Waals surface area contributed by atoms with Crippen molar-refractivity contribution in [2.75, 3.05) is 0 Å². The minimum Gasteiger partial charge on any atom is -0.228 e. The van der Waals surface area contributed by atoms with Crippen LogP contribution in [0.4, 0.5) is 0 Å². The van der Waals surface area contributed by atoms with Gasteiger partial charge in [-0.15, -0.1) is 68.0 Å². The second-order valence-corrected chi connectivity index (χ2v) is 39.0. The molecule has 126 heavy (non-hydrogen) atoms. The van der Waals surface area contributed by atoms with E-state index in [1.54, 1.807) is 0 Å². The molecule has 586 valence electrons. The van der Waals surface area contributed by atoms with Crippen LogP contribution in [0.1, 0.15) is 0 Å². The topological polar surface area (TPSA) is 51.6 Å². The number of fused-ring (bicyclic) bond motifs is 18. The van der Waals surface area contributed by atoms with E-state index < -0.39 is 0 Å². The molecule has 0 saturated carbocycles. The minimum atomic E-state index is 0.680. The molecular weight excluding hydrogens is 1640 g/mol. The molecule has 0 fully saturated rings. The third-order valence-corrected chi connectivity index (χ3v) is 32.3. The molecule has 0 amide bonds. The number of hydrogen-bond acceptors (Lipinski definition) is 10. The van der Waals surface area contributed by atoms with Gasteiger partial charge in [-0.3, -0.25) is 0 Å². The van der Waals surface area contributed by atoms with E-state index in [0.717, 1.165) is 95.1 Å². The number of nitrogens with zero attached hydrogens (tertiary/aromatic N) is 4. The van der Waals surface area contributed by atoms with Gasteiger partial charge in [0.1, 0.15) is 0 Å². The average Bonchev–Trinajstić information content (AvgIpc) is 1.49. The Kier molecular flexibility index (Phi) is 17.1. The Morgan fingerprint density at radius 1 is 0.127 bits per heavy atom. The Morgan fingerprint density at radius 3 is 0.817 bits per heavy atom. The molecule has 0 spiro atoms. The smallest absolute Gasteiger partial charge is 0.160 e. The van der Waals surface area contributed by atoms with Crippen LogP contribution in [-0.4, -0.2) is 19.9 Å². The SMILES string of the molecule is c1ccc(-c2nc(-c3ccc(-c4cccc5c4sc4ccccc45)cc3)cc(-c3cc(-c4ccc5sc6ccccc6c5c4)cc(-c4ccc5sc6cc(-c7ccc8sc9c(-c%10ccc(-c%11cc(-c%12cc(-c%13cccc%14c%13sc%13ccccc%13%14)cc(-c%13cccc%14c%13sc%13ccccc%13%14)c%12)nc(-c%12ccccc%12)n%11)cc%10)cccc9c8c7)ccc6c5c4)c3)n2)cc1. The van der Waals surface area contributed by atoms with Crippen molar-refractivity contribution >= 4 is 189 Å². The molecular formula is C116H66N4S6. The van der Waals surface area contributed by atoms with Crippen molar-refractivity contribution in [3.05, 3.63) is 400 Å². The highest BCUT2D eigenvalue weighted by Crippen LogP contribution is 2.50. The summed E-state index contributed by atoms with van der Waals surface area (Å²) in [6.07, 6.45) is 0. The lowest BCUT2D eigenvalue weighted by Crippen LogP contribution is -1.96. The van der Waals surface area contributed by atoms with E-state index in [2.05, 4.69) is 400 Å². The van der Waals surface area contributed by atoms with Gasteiger partial charge in [0.05, 0.1) is 22.8 Å². The first-order valence-corrected chi connectivity index (χ1v) is 47.2. The molecule has 8 aromatic heterocycles. The van der Waals surface area contributed by atoms with Crippen molar-refractivity contribution < 1.29 is 0 Å². The molecule has 0 aliphatic rings. The maximum Gasteiger partial charge on any atom is 0.160 e. The zero-order chi connectivity index (χ0) is 82.6. The van der Waals surface area contributed by atoms with Crippen molar-refractivity contribution in [2.45, 2.75) is 0 Å². The van der Waals surface area contributed by atoms with Crippen molar-refractivity contribution in [2.24, 2.45) is 0 Å². The summed E-state index contributed by atoms with van der Waals surface area (Å²) in [6, 6.07) is 148. The molecule has 0 saturated heterocycles. The quantitative estimate of drug-likeness (QED) is 0.115. The highest BCUT2D eigenvalue weighted by Gasteiger charge is 2.23. The summed E-state index contributed by atoms with van der Waals surface area (Å²) in [4.78, 5) is 21.7. The third kappa shape index (κ3) is 12.5. The van der Waals surface area contributed by atoms with E-state index in [1.807, 2.05) is 68.0 Å². The second kappa shape index (κ2) is 29.6. The van der Waals surface area contributed by atoms with Crippen LogP contribution in [0.2, 0.25) is 0 Å². The molecule has 8 heterocycles. The molecule has 0 unspecified atom stereocenters. The van der Waals surface area contributed by atoms with Crippen molar-refractivity contribution in [3.8, 4) is 146 Å². The summed E-state index contributed by atoms with van der Waals surface area (Å²) in [7, 11) is 0. The van der Waals surface area contributed by atoms with Gasteiger partial charge < -0.3 is 0 Å². The maximum absolute atomic E-state index is 5.49. The fourth-order valence-electron chi connectivity index (χ4n) is 18.9. The molecule has 18 aromatic carbocycles. The number of aromatic nitrogens is 4. The average molecular weight is 1710 g/mol. The van der Waals surface area contributed by atoms with Gasteiger partial charge in [0.2, 0.25) is 0 Å². The van der Waals surface area contributed by atoms with Gasteiger partial charge in [0.25, 0.3) is 0 Å². The van der Waals surface area contributed by atoms with Crippen LogP contribution in [0.15, 0.2) is 400 Å². The van der Waals surface area contributed by atoms with Crippen LogP contribution in [-0.2, 0) is 0 Å². The Balaban J connectivity index is 0.538. The largest absolute Gasteiger partial charge is 0.228 e. The molecule has 0 bridgehead atoms. The lowest BCUT2D eigenvalue weighted by atomic mass is 9.93. The zero-order valence-corrected chi connectivity index (χ0v) is 72.2. The summed E-state index contributed by atoms with van der Waals surface area (Å²) in [5, 5.41) is 15.2. The fraction of sp³-hybridized carbons (Fsp3) is 0. The van der Waals surface area contributed by atoms with Gasteiger partial charge in [-0.25, -0.2) is 19.9 Å². The first-order chi connectivity index (χ1) is 62.3. The lowest BCUT2D eigenvalue weighted by Gasteiger charge is -2.14. The summed E-state index contributed by atoms with van der Waals surface area (Å²) >= 11 is 11.2. The molecule has 0 N–H and O–H groups in total. The predicted molar refractivity (Wildman–Crippen MR) is 546 cm³/mol. The van der Waals surface area contributed by atoms with Crippen molar-refractivity contribution in [3.63, 3.8) is 0 Å². The fourth-order valence-corrected chi connectivity index (χ4v) is 26.1. The highest BCUT2D eigenvalue weighted by atomic mass is 32.1. The standard InChI is InChI=1S/C116H66N4S6/c1-3-19-71(20-4-1)115-117-99(69-43-39-67(40-44-69)83-27-15-31-92-87-23-7-12-36-104(87)123-111(83)92)65-101(119-115)81-56-77(74-49-52-107-96(62-74)90-26-10-11-35-103(90)121-107)55-78(57-81)75-50-53-108-97(63-75)91-51-47-76(64-110(91)122-108)73-48-54-109-98(61-73)95-34-16-28-84(112(95)126-109)68-41-45-70(46-42-68)100-66-102(120-116(118-100)72-21-5-2-6-22-72)82-59-79(85-29-17-32-93-88-24-8-13-37-105(88)124-113(85)93)58-80(60-82)86-30-18-33-94-89-25-9-14-38-106(89)125-114(86)94/h1-66H. The number of hydrogen-bond donors (Lipinski definition) is 0. The Morgan fingerprint density at radius 2 is 0.389 bits per heavy atom. The van der Waals surface area contributed by atoms with Gasteiger partial charge in [-0.05, 0) is 193 Å². The van der Waals surface area contributed by atoms with Gasteiger partial charge in [0.15, 0.2) is 11.6 Å². The molecule has 26 rings (SSSR count). The Labute approximate surface area is 748 Å². The van der Waals surface area contributed by atoms with E-state index in [4.69, 9.17) is 19.9 Å². The molecule has 0 aliphatic carbocycles. The summed E-state index contributed by atoms with van der Waals surface area (Å²) < 4.78 is 15.3. The van der Waals surface area contributed by atoms with Crippen LogP contribution in [0.5, 0.6) is 0 Å². The summed E-state index contributed by atoms with van der Waals surface area (Å²) in [6.45, 7) is 0. The zero-order valence-electron chi connectivity index (χ0n) is 67.3. The maximum atomic E-state index is 5.49. The lowest BCUT2D eigenvalue weighted by molar-refractivity contribution is 1.18. The van der Waals surface area contributed by atoms with Crippen LogP contribution in [0.25, 0.3) is 267 Å². The molecule has 0 atom stereocenters. The van der Waals surface area contributed by atoms with E-state index in [9.17, 15) is 0 Å². The Bertz CT molecular complexity index is 8840. The van der Waals surface area contributed by atoms with Crippen LogP contribution >= 0.6 is 68.0 Å². The van der Waals surface area contributed by atoms with Gasteiger partial charge in [-0.2, -0.15) is 0 Å². The highest BCUT2D eigenvalue weighted by molar-refractivity contribution is 7.28. The van der Waals surface area contributed by atoms with Gasteiger partial charge in [0, 0.05) is 154 Å². The first kappa shape index (κ1) is 73.0. The van der Waals surface area contributed by atoms with E-state index >= 15 is 0 Å². The first-order valence-electron chi connectivity index (χ1n) is 42.3. The number of benzene rings is 18. The molecule has 0 radical (unpaired) electrons.